The summed E-state index contributed by atoms with van der Waals surface area (Å²) in [7, 11) is 0. The Morgan fingerprint density at radius 1 is 1.36 bits per heavy atom. The summed E-state index contributed by atoms with van der Waals surface area (Å²) in [5.41, 5.74) is 0. The number of carboxylic acid groups (broad SMARTS) is 1. The summed E-state index contributed by atoms with van der Waals surface area (Å²) in [6, 6.07) is 0. The van der Waals surface area contributed by atoms with Gasteiger partial charge in [0, 0.05) is 12.2 Å². The second kappa shape index (κ2) is 4.65. The summed E-state index contributed by atoms with van der Waals surface area (Å²) in [6.07, 6.45) is 4.27. The molecule has 0 aliphatic carbocycles. The zero-order chi connectivity index (χ0) is 10.4. The number of nitrogens with zero attached hydrogens (tertiary/aromatic N) is 3. The van der Waals surface area contributed by atoms with Crippen molar-refractivity contribution in [1.82, 2.24) is 15.2 Å². The van der Waals surface area contributed by atoms with Crippen LogP contribution in [0, 0.1) is 0 Å². The molecule has 1 aromatic heterocycles. The highest BCUT2D eigenvalue weighted by Gasteiger charge is 1.99. The normalized spacial score (nSPS) is 10.0. The molecule has 0 unspecified atom stereocenters. The molecule has 7 nitrogen and oxygen atoms in total. The van der Waals surface area contributed by atoms with Crippen LogP contribution >= 0.6 is 0 Å². The first-order valence-electron chi connectivity index (χ1n) is 3.54. The van der Waals surface area contributed by atoms with Gasteiger partial charge in [0.25, 0.3) is 5.91 Å². The van der Waals surface area contributed by atoms with Crippen molar-refractivity contribution in [3.8, 4) is 0 Å². The van der Waals surface area contributed by atoms with Gasteiger partial charge in [-0.1, -0.05) is 0 Å². The summed E-state index contributed by atoms with van der Waals surface area (Å²) < 4.78 is 0. The van der Waals surface area contributed by atoms with Gasteiger partial charge in [-0.2, -0.15) is 5.10 Å². The zero-order valence-electron chi connectivity index (χ0n) is 6.91. The van der Waals surface area contributed by atoms with Crippen LogP contribution in [-0.4, -0.2) is 32.2 Å². The number of carboxylic acids is 1. The Morgan fingerprint density at radius 2 is 2.14 bits per heavy atom. The first-order chi connectivity index (χ1) is 6.68. The van der Waals surface area contributed by atoms with Gasteiger partial charge in [0.15, 0.2) is 0 Å². The van der Waals surface area contributed by atoms with Gasteiger partial charge >= 0.3 is 5.97 Å². The number of hydrogen-bond donors (Lipinski definition) is 2. The highest BCUT2D eigenvalue weighted by Crippen LogP contribution is 1.91. The van der Waals surface area contributed by atoms with Crippen LogP contribution < -0.4 is 5.32 Å². The zero-order valence-corrected chi connectivity index (χ0v) is 6.91. The monoisotopic (exact) mass is 194 g/mol. The molecule has 0 aromatic carbocycles. The van der Waals surface area contributed by atoms with Crippen LogP contribution in [0.1, 0.15) is 0 Å². The first kappa shape index (κ1) is 9.78. The number of hydrogen-bond acceptors (Lipinski definition) is 5. The predicted octanol–water partition coefficient (Wildman–Crippen LogP) is -0.549. The van der Waals surface area contributed by atoms with Gasteiger partial charge in [0.05, 0.1) is 12.4 Å². The van der Waals surface area contributed by atoms with E-state index in [1.54, 1.807) is 0 Å². The third kappa shape index (κ3) is 3.39. The second-order valence-corrected chi connectivity index (χ2v) is 2.13. The lowest BCUT2D eigenvalue weighted by Gasteiger charge is -1.95. The lowest BCUT2D eigenvalue weighted by molar-refractivity contribution is -0.131. The smallest absolute Gasteiger partial charge is 0.328 e. The van der Waals surface area contributed by atoms with Crippen LogP contribution in [0.15, 0.2) is 24.5 Å². The molecule has 0 aliphatic rings. The number of amides is 1. The highest BCUT2D eigenvalue weighted by atomic mass is 16.4. The minimum absolute atomic E-state index is 0.0209. The van der Waals surface area contributed by atoms with Gasteiger partial charge in [-0.15, -0.1) is 5.10 Å². The van der Waals surface area contributed by atoms with E-state index in [1.165, 1.54) is 12.4 Å². The molecule has 7 heteroatoms. The van der Waals surface area contributed by atoms with Gasteiger partial charge in [-0.25, -0.2) is 9.78 Å². The van der Waals surface area contributed by atoms with Gasteiger partial charge in [0.2, 0.25) is 5.95 Å². The van der Waals surface area contributed by atoms with E-state index in [0.717, 1.165) is 6.08 Å². The summed E-state index contributed by atoms with van der Waals surface area (Å²) in [5, 5.41) is 17.4. The minimum atomic E-state index is -1.20. The molecule has 0 saturated heterocycles. The number of aromatic nitrogens is 3. The fourth-order valence-corrected chi connectivity index (χ4v) is 0.604. The highest BCUT2D eigenvalue weighted by molar-refractivity contribution is 6.01. The average Bonchev–Trinajstić information content (AvgIpc) is 2.16. The van der Waals surface area contributed by atoms with Crippen LogP contribution in [0.2, 0.25) is 0 Å². The standard InChI is InChI=1S/C7H6N4O3/c12-5(1-2-6(13)14)10-7-8-3-4-9-11-7/h1-4H,(H,13,14)(H,8,10,11,12)/b2-1+. The van der Waals surface area contributed by atoms with Crippen molar-refractivity contribution in [2.24, 2.45) is 0 Å². The fraction of sp³-hybridized carbons (Fsp3) is 0. The Kier molecular flexibility index (Phi) is 3.25. The number of anilines is 1. The maximum absolute atomic E-state index is 10.9. The lowest BCUT2D eigenvalue weighted by Crippen LogP contribution is -2.11. The summed E-state index contributed by atoms with van der Waals surface area (Å²) >= 11 is 0. The fourth-order valence-electron chi connectivity index (χ4n) is 0.604. The van der Waals surface area contributed by atoms with Crippen molar-refractivity contribution < 1.29 is 14.7 Å². The number of rotatable bonds is 3. The molecular formula is C7H6N4O3. The summed E-state index contributed by atoms with van der Waals surface area (Å²) in [6.45, 7) is 0. The summed E-state index contributed by atoms with van der Waals surface area (Å²) in [5.74, 6) is -1.81. The first-order valence-corrected chi connectivity index (χ1v) is 3.54. The Labute approximate surface area is 78.5 Å². The van der Waals surface area contributed by atoms with Crippen molar-refractivity contribution in [3.05, 3.63) is 24.5 Å². The van der Waals surface area contributed by atoms with E-state index >= 15 is 0 Å². The van der Waals surface area contributed by atoms with Gasteiger partial charge < -0.3 is 5.11 Å². The Morgan fingerprint density at radius 3 is 2.71 bits per heavy atom. The van der Waals surface area contributed by atoms with Crippen LogP contribution in [-0.2, 0) is 9.59 Å². The third-order valence-corrected chi connectivity index (χ3v) is 1.09. The molecule has 0 bridgehead atoms. The van der Waals surface area contributed by atoms with E-state index in [1.807, 2.05) is 0 Å². The molecule has 1 amide bonds. The number of nitrogens with one attached hydrogen (secondary N) is 1. The Hall–Kier alpha value is -2.31. The van der Waals surface area contributed by atoms with Gasteiger partial charge in [0.1, 0.15) is 0 Å². The van der Waals surface area contributed by atoms with Crippen LogP contribution in [0.3, 0.4) is 0 Å². The quantitative estimate of drug-likeness (QED) is 0.625. The van der Waals surface area contributed by atoms with Crippen LogP contribution in [0.4, 0.5) is 5.95 Å². The molecule has 14 heavy (non-hydrogen) atoms. The molecule has 1 aromatic rings. The molecule has 0 saturated carbocycles. The molecule has 0 atom stereocenters. The van der Waals surface area contributed by atoms with Crippen molar-refractivity contribution in [2.45, 2.75) is 0 Å². The van der Waals surface area contributed by atoms with E-state index < -0.39 is 11.9 Å². The average molecular weight is 194 g/mol. The van der Waals surface area contributed by atoms with E-state index in [-0.39, 0.29) is 5.95 Å². The van der Waals surface area contributed by atoms with Crippen molar-refractivity contribution in [1.29, 1.82) is 0 Å². The van der Waals surface area contributed by atoms with E-state index in [2.05, 4.69) is 20.5 Å². The summed E-state index contributed by atoms with van der Waals surface area (Å²) in [4.78, 5) is 24.7. The Bertz CT molecular complexity index is 362. The lowest BCUT2D eigenvalue weighted by atomic mass is 10.5. The van der Waals surface area contributed by atoms with Gasteiger partial charge in [-0.3, -0.25) is 10.1 Å². The minimum Gasteiger partial charge on any atom is -0.478 e. The molecule has 1 rings (SSSR count). The van der Waals surface area contributed by atoms with E-state index in [9.17, 15) is 9.59 Å². The third-order valence-electron chi connectivity index (χ3n) is 1.09. The molecule has 2 N–H and O–H groups in total. The topological polar surface area (TPSA) is 105 Å². The van der Waals surface area contributed by atoms with Crippen molar-refractivity contribution >= 4 is 17.8 Å². The largest absolute Gasteiger partial charge is 0.478 e. The number of aliphatic carboxylic acids is 1. The molecule has 0 fully saturated rings. The molecule has 1 heterocycles. The second-order valence-electron chi connectivity index (χ2n) is 2.13. The number of carbonyl (C=O) groups is 2. The molecule has 0 spiro atoms. The van der Waals surface area contributed by atoms with Gasteiger partial charge in [-0.05, 0) is 0 Å². The maximum Gasteiger partial charge on any atom is 0.328 e. The van der Waals surface area contributed by atoms with Crippen LogP contribution in [0.5, 0.6) is 0 Å². The Balaban J connectivity index is 2.54. The molecule has 72 valence electrons. The maximum atomic E-state index is 10.9. The molecule has 0 aliphatic heterocycles. The molecular weight excluding hydrogens is 188 g/mol. The predicted molar refractivity (Wildman–Crippen MR) is 45.2 cm³/mol. The molecule has 0 radical (unpaired) electrons. The number of carbonyl (C=O) groups excluding carboxylic acids is 1. The van der Waals surface area contributed by atoms with Crippen molar-refractivity contribution in [2.75, 3.05) is 5.32 Å². The van der Waals surface area contributed by atoms with E-state index in [0.29, 0.717) is 6.08 Å². The van der Waals surface area contributed by atoms with E-state index in [4.69, 9.17) is 5.11 Å². The van der Waals surface area contributed by atoms with Crippen LogP contribution in [0.25, 0.3) is 0 Å². The van der Waals surface area contributed by atoms with Crippen molar-refractivity contribution in [3.63, 3.8) is 0 Å². The SMILES string of the molecule is O=C(O)/C=C/C(=O)Nc1nccnn1.